The highest BCUT2D eigenvalue weighted by Crippen LogP contribution is 2.26. The molecule has 19 heavy (non-hydrogen) atoms. The zero-order chi connectivity index (χ0) is 13.1. The Morgan fingerprint density at radius 3 is 3.00 bits per heavy atom. The molecule has 1 unspecified atom stereocenters. The Morgan fingerprint density at radius 1 is 1.32 bits per heavy atom. The first-order valence-electron chi connectivity index (χ1n) is 7.23. The van der Waals surface area contributed by atoms with Crippen LogP contribution in [0.4, 0.5) is 5.82 Å². The fourth-order valence-electron chi connectivity index (χ4n) is 2.70. The Kier molecular flexibility index (Phi) is 4.23. The van der Waals surface area contributed by atoms with E-state index in [2.05, 4.69) is 32.5 Å². The molecule has 1 atom stereocenters. The number of nitrogens with zero attached hydrogens (tertiary/aromatic N) is 3. The van der Waals surface area contributed by atoms with Crippen molar-refractivity contribution in [2.24, 2.45) is 0 Å². The molecule has 3 rings (SSSR count). The van der Waals surface area contributed by atoms with Crippen molar-refractivity contribution in [1.29, 1.82) is 0 Å². The Balaban J connectivity index is 1.70. The van der Waals surface area contributed by atoms with E-state index in [4.69, 9.17) is 0 Å². The molecule has 2 aliphatic rings. The van der Waals surface area contributed by atoms with Gasteiger partial charge in [-0.2, -0.15) is 0 Å². The number of thioether (sulfide) groups is 1. The summed E-state index contributed by atoms with van der Waals surface area (Å²) in [5, 5.41) is 4.72. The number of nitrogens with one attached hydrogen (secondary N) is 1. The van der Waals surface area contributed by atoms with Crippen LogP contribution in [0.15, 0.2) is 17.4 Å². The van der Waals surface area contributed by atoms with Crippen molar-refractivity contribution in [2.75, 3.05) is 24.2 Å². The van der Waals surface area contributed by atoms with Crippen LogP contribution in [0.5, 0.6) is 0 Å². The molecule has 0 radical (unpaired) electrons. The van der Waals surface area contributed by atoms with Gasteiger partial charge in [-0.05, 0) is 38.4 Å². The van der Waals surface area contributed by atoms with E-state index in [-0.39, 0.29) is 0 Å². The molecule has 1 N–H and O–H groups in total. The predicted octanol–water partition coefficient (Wildman–Crippen LogP) is 2.31. The maximum Gasteiger partial charge on any atom is 0.133 e. The predicted molar refractivity (Wildman–Crippen MR) is 79.8 cm³/mol. The van der Waals surface area contributed by atoms with Crippen LogP contribution in [-0.2, 0) is 0 Å². The van der Waals surface area contributed by atoms with Crippen LogP contribution in [0.25, 0.3) is 0 Å². The van der Waals surface area contributed by atoms with Gasteiger partial charge in [-0.1, -0.05) is 0 Å². The lowest BCUT2D eigenvalue weighted by Gasteiger charge is -2.37. The smallest absolute Gasteiger partial charge is 0.133 e. The van der Waals surface area contributed by atoms with Crippen LogP contribution in [0.1, 0.15) is 32.1 Å². The molecule has 1 saturated carbocycles. The summed E-state index contributed by atoms with van der Waals surface area (Å²) in [6.07, 6.45) is 10.4. The molecule has 1 aliphatic carbocycles. The highest BCUT2D eigenvalue weighted by atomic mass is 32.2. The minimum absolute atomic E-state index is 0.596. The molecular weight excluding hydrogens is 256 g/mol. The molecule has 4 nitrogen and oxygen atoms in total. The summed E-state index contributed by atoms with van der Waals surface area (Å²) < 4.78 is 0. The fourth-order valence-corrected chi connectivity index (χ4v) is 3.08. The van der Waals surface area contributed by atoms with Gasteiger partial charge < -0.3 is 10.2 Å². The zero-order valence-corrected chi connectivity index (χ0v) is 12.3. The lowest BCUT2D eigenvalue weighted by atomic mass is 10.0. The Labute approximate surface area is 119 Å². The molecule has 1 aromatic rings. The van der Waals surface area contributed by atoms with Gasteiger partial charge in [-0.15, -0.1) is 11.8 Å². The van der Waals surface area contributed by atoms with Gasteiger partial charge in [0.1, 0.15) is 17.2 Å². The van der Waals surface area contributed by atoms with Gasteiger partial charge in [0.2, 0.25) is 0 Å². The molecule has 0 aromatic carbocycles. The quantitative estimate of drug-likeness (QED) is 0.661. The SMILES string of the molecule is CSc1cc(N2CCCCC2CNC2CC2)ncn1. The molecule has 1 aliphatic heterocycles. The summed E-state index contributed by atoms with van der Waals surface area (Å²) in [4.78, 5) is 11.2. The minimum atomic E-state index is 0.596. The summed E-state index contributed by atoms with van der Waals surface area (Å²) in [6.45, 7) is 2.23. The molecule has 1 saturated heterocycles. The van der Waals surface area contributed by atoms with E-state index >= 15 is 0 Å². The van der Waals surface area contributed by atoms with Gasteiger partial charge in [0.15, 0.2) is 0 Å². The van der Waals surface area contributed by atoms with E-state index in [9.17, 15) is 0 Å². The highest BCUT2D eigenvalue weighted by Gasteiger charge is 2.27. The van der Waals surface area contributed by atoms with Gasteiger partial charge in [-0.25, -0.2) is 9.97 Å². The van der Waals surface area contributed by atoms with Crippen molar-refractivity contribution in [2.45, 2.75) is 49.2 Å². The summed E-state index contributed by atoms with van der Waals surface area (Å²) in [5.74, 6) is 1.10. The number of anilines is 1. The summed E-state index contributed by atoms with van der Waals surface area (Å²) in [7, 11) is 0. The topological polar surface area (TPSA) is 41.0 Å². The average Bonchev–Trinajstić information content (AvgIpc) is 3.30. The Bertz CT molecular complexity index is 422. The van der Waals surface area contributed by atoms with E-state index < -0.39 is 0 Å². The van der Waals surface area contributed by atoms with E-state index in [0.29, 0.717) is 6.04 Å². The summed E-state index contributed by atoms with van der Waals surface area (Å²) >= 11 is 1.68. The lowest BCUT2D eigenvalue weighted by Crippen LogP contribution is -2.46. The van der Waals surface area contributed by atoms with E-state index in [1.807, 2.05) is 0 Å². The van der Waals surface area contributed by atoms with Gasteiger partial charge >= 0.3 is 0 Å². The molecule has 2 fully saturated rings. The first-order valence-corrected chi connectivity index (χ1v) is 8.45. The maximum atomic E-state index is 4.48. The second kappa shape index (κ2) is 6.09. The molecule has 2 heterocycles. The third-order valence-corrected chi connectivity index (χ3v) is 4.62. The number of hydrogen-bond donors (Lipinski definition) is 1. The number of rotatable bonds is 5. The van der Waals surface area contributed by atoms with Crippen LogP contribution in [0.3, 0.4) is 0 Å². The van der Waals surface area contributed by atoms with E-state index in [0.717, 1.165) is 30.0 Å². The van der Waals surface area contributed by atoms with Gasteiger partial charge in [0, 0.05) is 31.2 Å². The maximum absolute atomic E-state index is 4.48. The van der Waals surface area contributed by atoms with Gasteiger partial charge in [-0.3, -0.25) is 0 Å². The first-order chi connectivity index (χ1) is 9.36. The van der Waals surface area contributed by atoms with E-state index in [1.165, 1.54) is 32.1 Å². The molecule has 104 valence electrons. The average molecular weight is 278 g/mol. The molecule has 0 spiro atoms. The fraction of sp³-hybridized carbons (Fsp3) is 0.714. The van der Waals surface area contributed by atoms with Crippen molar-refractivity contribution < 1.29 is 0 Å². The van der Waals surface area contributed by atoms with Crippen molar-refractivity contribution in [1.82, 2.24) is 15.3 Å². The van der Waals surface area contributed by atoms with E-state index in [1.54, 1.807) is 18.1 Å². The normalized spacial score (nSPS) is 23.6. The monoisotopic (exact) mass is 278 g/mol. The standard InChI is InChI=1S/C14H22N4S/c1-19-14-8-13(16-10-17-14)18-7-3-2-4-12(18)9-15-11-5-6-11/h8,10-12,15H,2-7,9H2,1H3. The van der Waals surface area contributed by atoms with Crippen molar-refractivity contribution >= 4 is 17.6 Å². The second-order valence-electron chi connectivity index (χ2n) is 5.44. The second-order valence-corrected chi connectivity index (χ2v) is 6.27. The van der Waals surface area contributed by atoms with Crippen molar-refractivity contribution in [3.05, 3.63) is 12.4 Å². The van der Waals surface area contributed by atoms with Crippen LogP contribution in [0, 0.1) is 0 Å². The number of piperidine rings is 1. The molecule has 0 bridgehead atoms. The lowest BCUT2D eigenvalue weighted by molar-refractivity contribution is 0.431. The molecule has 5 heteroatoms. The van der Waals surface area contributed by atoms with Crippen LogP contribution < -0.4 is 10.2 Å². The zero-order valence-electron chi connectivity index (χ0n) is 11.5. The van der Waals surface area contributed by atoms with Crippen LogP contribution >= 0.6 is 11.8 Å². The van der Waals surface area contributed by atoms with Gasteiger partial charge in [0.25, 0.3) is 0 Å². The highest BCUT2D eigenvalue weighted by molar-refractivity contribution is 7.98. The van der Waals surface area contributed by atoms with Crippen LogP contribution in [-0.4, -0.2) is 41.4 Å². The minimum Gasteiger partial charge on any atom is -0.352 e. The molecule has 1 aromatic heterocycles. The number of hydrogen-bond acceptors (Lipinski definition) is 5. The molecular formula is C14H22N4S. The summed E-state index contributed by atoms with van der Waals surface area (Å²) in [5.41, 5.74) is 0. The third kappa shape index (κ3) is 3.39. The van der Waals surface area contributed by atoms with Gasteiger partial charge in [0.05, 0.1) is 0 Å². The third-order valence-electron chi connectivity index (χ3n) is 3.98. The van der Waals surface area contributed by atoms with Crippen molar-refractivity contribution in [3.8, 4) is 0 Å². The Morgan fingerprint density at radius 2 is 2.21 bits per heavy atom. The molecule has 0 amide bonds. The Hall–Kier alpha value is -0.810. The van der Waals surface area contributed by atoms with Crippen LogP contribution in [0.2, 0.25) is 0 Å². The largest absolute Gasteiger partial charge is 0.352 e. The van der Waals surface area contributed by atoms with Crippen molar-refractivity contribution in [3.63, 3.8) is 0 Å². The number of aromatic nitrogens is 2. The first kappa shape index (κ1) is 13.2. The summed E-state index contributed by atoms with van der Waals surface area (Å²) in [6, 6.07) is 3.51.